The largest absolute Gasteiger partial charge is 0.382 e. The second kappa shape index (κ2) is 9.09. The van der Waals surface area contributed by atoms with Gasteiger partial charge in [0.1, 0.15) is 0 Å². The van der Waals surface area contributed by atoms with Gasteiger partial charge in [-0.3, -0.25) is 0 Å². The number of nitrogens with zero attached hydrogens (tertiary/aromatic N) is 1. The van der Waals surface area contributed by atoms with Crippen molar-refractivity contribution in [2.75, 3.05) is 59.8 Å². The molecule has 1 aliphatic heterocycles. The van der Waals surface area contributed by atoms with Crippen LogP contribution in [0, 0.1) is 0 Å². The van der Waals surface area contributed by atoms with Crippen LogP contribution in [0.25, 0.3) is 0 Å². The molecule has 0 aromatic rings. The molecule has 0 aliphatic carbocycles. The van der Waals surface area contributed by atoms with E-state index < -0.39 is 0 Å². The van der Waals surface area contributed by atoms with E-state index in [4.69, 9.17) is 14.2 Å². The summed E-state index contributed by atoms with van der Waals surface area (Å²) in [6.45, 7) is 7.06. The fourth-order valence-corrected chi connectivity index (χ4v) is 1.66. The lowest BCUT2D eigenvalue weighted by molar-refractivity contribution is 0.0207. The highest BCUT2D eigenvalue weighted by Gasteiger charge is 2.09. The van der Waals surface area contributed by atoms with Crippen LogP contribution in [0.5, 0.6) is 0 Å². The average molecular weight is 217 g/mol. The van der Waals surface area contributed by atoms with Gasteiger partial charge in [-0.15, -0.1) is 0 Å². The minimum absolute atomic E-state index is 0.659. The Morgan fingerprint density at radius 2 is 1.47 bits per heavy atom. The van der Waals surface area contributed by atoms with Crippen molar-refractivity contribution in [1.82, 2.24) is 4.90 Å². The summed E-state index contributed by atoms with van der Waals surface area (Å²) in [4.78, 5) is 2.45. The second-order valence-electron chi connectivity index (χ2n) is 3.77. The maximum atomic E-state index is 5.47. The van der Waals surface area contributed by atoms with E-state index >= 15 is 0 Å². The molecule has 0 saturated carbocycles. The van der Waals surface area contributed by atoms with Crippen LogP contribution in [0.15, 0.2) is 0 Å². The van der Waals surface area contributed by atoms with Gasteiger partial charge in [-0.05, 0) is 25.9 Å². The van der Waals surface area contributed by atoms with Crippen molar-refractivity contribution in [3.05, 3.63) is 0 Å². The predicted molar refractivity (Wildman–Crippen MR) is 59.2 cm³/mol. The van der Waals surface area contributed by atoms with E-state index in [1.54, 1.807) is 7.11 Å². The second-order valence-corrected chi connectivity index (χ2v) is 3.77. The number of hydrogen-bond acceptors (Lipinski definition) is 4. The minimum Gasteiger partial charge on any atom is -0.382 e. The summed E-state index contributed by atoms with van der Waals surface area (Å²) in [6.07, 6.45) is 2.69. The summed E-state index contributed by atoms with van der Waals surface area (Å²) in [6, 6.07) is 0. The van der Waals surface area contributed by atoms with Gasteiger partial charge in [-0.1, -0.05) is 0 Å². The molecule has 90 valence electrons. The van der Waals surface area contributed by atoms with Crippen LogP contribution in [0.1, 0.15) is 12.8 Å². The fraction of sp³-hybridized carbons (Fsp3) is 1.00. The highest BCUT2D eigenvalue weighted by Crippen LogP contribution is 2.05. The van der Waals surface area contributed by atoms with Crippen LogP contribution < -0.4 is 0 Å². The Kier molecular flexibility index (Phi) is 7.83. The van der Waals surface area contributed by atoms with Crippen LogP contribution in [0.2, 0.25) is 0 Å². The molecule has 0 spiro atoms. The Labute approximate surface area is 92.5 Å². The Morgan fingerprint density at radius 3 is 2.13 bits per heavy atom. The van der Waals surface area contributed by atoms with E-state index in [-0.39, 0.29) is 0 Å². The topological polar surface area (TPSA) is 30.9 Å². The van der Waals surface area contributed by atoms with E-state index in [9.17, 15) is 0 Å². The molecular formula is C11H23NO3. The Hall–Kier alpha value is -0.160. The summed E-state index contributed by atoms with van der Waals surface area (Å²) >= 11 is 0. The number of likely N-dealkylation sites (tertiary alicyclic amines) is 1. The number of hydrogen-bond donors (Lipinski definition) is 0. The average Bonchev–Trinajstić information content (AvgIpc) is 2.75. The highest BCUT2D eigenvalue weighted by atomic mass is 16.5. The third-order valence-corrected chi connectivity index (χ3v) is 2.55. The molecule has 1 heterocycles. The Balaban J connectivity index is 1.73. The molecule has 0 bridgehead atoms. The molecule has 0 N–H and O–H groups in total. The normalized spacial score (nSPS) is 17.4. The van der Waals surface area contributed by atoms with E-state index in [0.717, 1.165) is 13.2 Å². The van der Waals surface area contributed by atoms with Crippen LogP contribution >= 0.6 is 0 Å². The zero-order chi connectivity index (χ0) is 10.8. The summed E-state index contributed by atoms with van der Waals surface area (Å²) < 4.78 is 15.6. The van der Waals surface area contributed by atoms with Crippen molar-refractivity contribution in [2.24, 2.45) is 0 Å². The van der Waals surface area contributed by atoms with Crippen molar-refractivity contribution in [3.8, 4) is 0 Å². The molecule has 0 radical (unpaired) electrons. The number of ether oxygens (including phenoxy) is 3. The molecule has 1 saturated heterocycles. The van der Waals surface area contributed by atoms with Gasteiger partial charge in [-0.25, -0.2) is 0 Å². The van der Waals surface area contributed by atoms with Gasteiger partial charge in [0.25, 0.3) is 0 Å². The molecule has 4 nitrogen and oxygen atoms in total. The predicted octanol–water partition coefficient (Wildman–Crippen LogP) is 0.762. The SMILES string of the molecule is COCCOCCOCCN1CCCC1. The fourth-order valence-electron chi connectivity index (χ4n) is 1.66. The summed E-state index contributed by atoms with van der Waals surface area (Å²) in [5, 5.41) is 0. The maximum Gasteiger partial charge on any atom is 0.0701 e. The molecule has 1 aliphatic rings. The van der Waals surface area contributed by atoms with Crippen LogP contribution in [-0.2, 0) is 14.2 Å². The lowest BCUT2D eigenvalue weighted by atomic mass is 10.4. The van der Waals surface area contributed by atoms with E-state index in [1.165, 1.54) is 25.9 Å². The molecule has 1 fully saturated rings. The molecule has 0 aromatic heterocycles. The minimum atomic E-state index is 0.659. The van der Waals surface area contributed by atoms with Gasteiger partial charge >= 0.3 is 0 Å². The van der Waals surface area contributed by atoms with Gasteiger partial charge < -0.3 is 19.1 Å². The van der Waals surface area contributed by atoms with Gasteiger partial charge in [0.2, 0.25) is 0 Å². The van der Waals surface area contributed by atoms with E-state index in [0.29, 0.717) is 26.4 Å². The first kappa shape index (κ1) is 12.9. The summed E-state index contributed by atoms with van der Waals surface area (Å²) in [5.74, 6) is 0. The molecule has 4 heteroatoms. The molecule has 0 amide bonds. The molecule has 15 heavy (non-hydrogen) atoms. The van der Waals surface area contributed by atoms with Gasteiger partial charge in [0.15, 0.2) is 0 Å². The standard InChI is InChI=1S/C11H23NO3/c1-13-8-9-15-11-10-14-7-6-12-4-2-3-5-12/h2-11H2,1H3. The Bertz CT molecular complexity index is 138. The number of methoxy groups -OCH3 is 1. The quantitative estimate of drug-likeness (QED) is 0.534. The molecule has 0 aromatic carbocycles. The monoisotopic (exact) mass is 217 g/mol. The first-order valence-corrected chi connectivity index (χ1v) is 5.80. The van der Waals surface area contributed by atoms with Crippen LogP contribution in [0.4, 0.5) is 0 Å². The molecule has 0 unspecified atom stereocenters. The van der Waals surface area contributed by atoms with Crippen molar-refractivity contribution in [1.29, 1.82) is 0 Å². The zero-order valence-electron chi connectivity index (χ0n) is 9.74. The zero-order valence-corrected chi connectivity index (χ0v) is 9.74. The molecule has 1 rings (SSSR count). The third kappa shape index (κ3) is 6.84. The first-order chi connectivity index (χ1) is 7.43. The lowest BCUT2D eigenvalue weighted by Crippen LogP contribution is -2.24. The van der Waals surface area contributed by atoms with Crippen molar-refractivity contribution < 1.29 is 14.2 Å². The van der Waals surface area contributed by atoms with Crippen molar-refractivity contribution >= 4 is 0 Å². The maximum absolute atomic E-state index is 5.47. The molecule has 0 atom stereocenters. The number of rotatable bonds is 9. The van der Waals surface area contributed by atoms with Crippen molar-refractivity contribution in [3.63, 3.8) is 0 Å². The van der Waals surface area contributed by atoms with Gasteiger partial charge in [0.05, 0.1) is 33.0 Å². The Morgan fingerprint density at radius 1 is 0.867 bits per heavy atom. The van der Waals surface area contributed by atoms with Gasteiger partial charge in [-0.2, -0.15) is 0 Å². The van der Waals surface area contributed by atoms with Gasteiger partial charge in [0, 0.05) is 13.7 Å². The third-order valence-electron chi connectivity index (χ3n) is 2.55. The summed E-state index contributed by atoms with van der Waals surface area (Å²) in [7, 11) is 1.68. The first-order valence-electron chi connectivity index (χ1n) is 5.80. The van der Waals surface area contributed by atoms with Crippen LogP contribution in [-0.4, -0.2) is 64.7 Å². The lowest BCUT2D eigenvalue weighted by Gasteiger charge is -2.14. The van der Waals surface area contributed by atoms with Crippen molar-refractivity contribution in [2.45, 2.75) is 12.8 Å². The smallest absolute Gasteiger partial charge is 0.0701 e. The molecular weight excluding hydrogens is 194 g/mol. The van der Waals surface area contributed by atoms with Crippen LogP contribution in [0.3, 0.4) is 0 Å². The highest BCUT2D eigenvalue weighted by molar-refractivity contribution is 4.64. The summed E-state index contributed by atoms with van der Waals surface area (Å²) in [5.41, 5.74) is 0. The van der Waals surface area contributed by atoms with E-state index in [1.807, 2.05) is 0 Å². The van der Waals surface area contributed by atoms with E-state index in [2.05, 4.69) is 4.90 Å².